The number of carbonyl (C=O) groups excluding carboxylic acids is 3. The smallest absolute Gasteiger partial charge is 0.333 e. The molecule has 7 nitrogen and oxygen atoms in total. The molecule has 1 rings (SSSR count). The van der Waals surface area contributed by atoms with Crippen LogP contribution in [0.15, 0.2) is 18.2 Å². The number of benzene rings is 1. The van der Waals surface area contributed by atoms with E-state index in [2.05, 4.69) is 10.1 Å². The number of carbonyl (C=O) groups is 2. The first-order chi connectivity index (χ1) is 9.40. The van der Waals surface area contributed by atoms with E-state index in [-0.39, 0.29) is 16.9 Å². The van der Waals surface area contributed by atoms with Crippen LogP contribution in [0, 0.1) is 0 Å². The second-order valence-corrected chi connectivity index (χ2v) is 3.88. The van der Waals surface area contributed by atoms with E-state index in [1.807, 2.05) is 0 Å². The van der Waals surface area contributed by atoms with Crippen LogP contribution in [0.2, 0.25) is 0 Å². The normalized spacial score (nSPS) is 11.1. The Morgan fingerprint density at radius 1 is 1.30 bits per heavy atom. The number of phenolic OH excluding ortho intramolecular Hbond substituents is 2. The van der Waals surface area contributed by atoms with Crippen molar-refractivity contribution in [2.24, 2.45) is 0 Å². The Bertz CT molecular complexity index is 589. The first-order valence-corrected chi connectivity index (χ1v) is 5.53. The van der Waals surface area contributed by atoms with E-state index in [0.717, 1.165) is 19.2 Å². The zero-order valence-corrected chi connectivity index (χ0v) is 10.8. The highest BCUT2D eigenvalue weighted by molar-refractivity contribution is 6.04. The van der Waals surface area contributed by atoms with E-state index < -0.39 is 23.7 Å². The molecule has 1 atom stereocenters. The number of hydrogen-bond donors (Lipinski definition) is 3. The molecule has 0 bridgehead atoms. The van der Waals surface area contributed by atoms with Crippen LogP contribution >= 0.6 is 0 Å². The first-order valence-electron chi connectivity index (χ1n) is 5.53. The average Bonchev–Trinajstić information content (AvgIpc) is 2.41. The van der Waals surface area contributed by atoms with Gasteiger partial charge in [0, 0.05) is 6.92 Å². The molecule has 0 aliphatic rings. The van der Waals surface area contributed by atoms with Gasteiger partial charge in [0.05, 0.1) is 12.7 Å². The highest BCUT2D eigenvalue weighted by Gasteiger charge is 2.27. The van der Waals surface area contributed by atoms with Crippen molar-refractivity contribution in [2.45, 2.75) is 13.0 Å². The number of methoxy groups -OCH3 is 1. The molecule has 3 N–H and O–H groups in total. The average molecular weight is 280 g/mol. The Balaban J connectivity index is 3.26. The topological polar surface area (TPSA) is 113 Å². The van der Waals surface area contributed by atoms with Crippen LogP contribution in [-0.2, 0) is 19.1 Å². The zero-order chi connectivity index (χ0) is 15.3. The van der Waals surface area contributed by atoms with E-state index in [9.17, 15) is 24.6 Å². The quantitative estimate of drug-likeness (QED) is 0.309. The molecule has 1 aromatic rings. The Labute approximate surface area is 114 Å². The number of phenols is 2. The Morgan fingerprint density at radius 2 is 1.95 bits per heavy atom. The van der Waals surface area contributed by atoms with Gasteiger partial charge < -0.3 is 20.3 Å². The van der Waals surface area contributed by atoms with E-state index in [4.69, 9.17) is 0 Å². The summed E-state index contributed by atoms with van der Waals surface area (Å²) < 4.78 is 4.51. The van der Waals surface area contributed by atoms with Gasteiger partial charge in [0.15, 0.2) is 17.5 Å². The van der Waals surface area contributed by atoms with E-state index >= 15 is 0 Å². The minimum absolute atomic E-state index is 0.124. The molecule has 1 aromatic carbocycles. The summed E-state index contributed by atoms with van der Waals surface area (Å²) in [5.74, 6) is -0.709. The van der Waals surface area contributed by atoms with Crippen molar-refractivity contribution >= 4 is 23.4 Å². The first kappa shape index (κ1) is 15.3. The molecule has 0 aliphatic carbocycles. The van der Waals surface area contributed by atoms with Crippen LogP contribution in [0.4, 0.5) is 0 Å². The standard InChI is InChI=1S/C13H13NO6/c1-7(16)14-12(13(19)20-2)9(6-15)8-3-4-10(17)11(18)5-8/h3-5,12,17-18H,1-2H3,(H,14,16)/t12-/m0/s1/i6+1. The number of aromatic hydroxyl groups is 2. The molecule has 20 heavy (non-hydrogen) atoms. The van der Waals surface area contributed by atoms with E-state index in [1.54, 1.807) is 5.94 Å². The van der Waals surface area contributed by atoms with Crippen LogP contribution in [0.5, 0.6) is 11.5 Å². The predicted molar refractivity (Wildman–Crippen MR) is 68.5 cm³/mol. The lowest BCUT2D eigenvalue weighted by atomic mass is 10.0. The molecule has 0 fully saturated rings. The van der Waals surface area contributed by atoms with Gasteiger partial charge in [-0.2, -0.15) is 0 Å². The lowest BCUT2D eigenvalue weighted by Crippen LogP contribution is -2.41. The summed E-state index contributed by atoms with van der Waals surface area (Å²) in [5, 5.41) is 20.9. The van der Waals surface area contributed by atoms with Gasteiger partial charge in [-0.25, -0.2) is 9.59 Å². The van der Waals surface area contributed by atoms with Crippen molar-refractivity contribution in [3.8, 4) is 11.5 Å². The van der Waals surface area contributed by atoms with Crippen LogP contribution in [0.25, 0.3) is 5.57 Å². The molecular weight excluding hydrogens is 267 g/mol. The monoisotopic (exact) mass is 280 g/mol. The molecule has 0 saturated heterocycles. The van der Waals surface area contributed by atoms with Gasteiger partial charge in [-0.05, 0) is 23.8 Å². The van der Waals surface area contributed by atoms with E-state index in [0.29, 0.717) is 0 Å². The number of amides is 1. The second kappa shape index (κ2) is 6.40. The minimum Gasteiger partial charge on any atom is -0.504 e. The van der Waals surface area contributed by atoms with Crippen LogP contribution < -0.4 is 5.32 Å². The van der Waals surface area contributed by atoms with Crippen molar-refractivity contribution in [3.63, 3.8) is 0 Å². The summed E-state index contributed by atoms with van der Waals surface area (Å²) in [6, 6.07) is 2.17. The number of ether oxygens (including phenoxy) is 1. The lowest BCUT2D eigenvalue weighted by molar-refractivity contribution is -0.143. The Morgan fingerprint density at radius 3 is 2.40 bits per heavy atom. The highest BCUT2D eigenvalue weighted by Crippen LogP contribution is 2.28. The van der Waals surface area contributed by atoms with Gasteiger partial charge in [-0.1, -0.05) is 0 Å². The highest BCUT2D eigenvalue weighted by atomic mass is 16.5. The second-order valence-electron chi connectivity index (χ2n) is 3.88. The van der Waals surface area contributed by atoms with Gasteiger partial charge in [0.2, 0.25) is 5.91 Å². The number of rotatable bonds is 4. The van der Waals surface area contributed by atoms with Crippen LogP contribution in [-0.4, -0.2) is 41.2 Å². The zero-order valence-electron chi connectivity index (χ0n) is 10.8. The van der Waals surface area contributed by atoms with Crippen molar-refractivity contribution < 1.29 is 29.3 Å². The third-order valence-corrected chi connectivity index (χ3v) is 2.47. The molecule has 1 amide bonds. The van der Waals surface area contributed by atoms with Crippen molar-refractivity contribution in [1.82, 2.24) is 5.32 Å². The maximum atomic E-state index is 11.6. The fourth-order valence-corrected chi connectivity index (χ4v) is 1.55. The van der Waals surface area contributed by atoms with Crippen molar-refractivity contribution in [2.75, 3.05) is 7.11 Å². The van der Waals surface area contributed by atoms with Gasteiger partial charge in [-0.3, -0.25) is 4.79 Å². The molecule has 106 valence electrons. The summed E-state index contributed by atoms with van der Waals surface area (Å²) in [4.78, 5) is 33.8. The van der Waals surface area contributed by atoms with Crippen LogP contribution in [0.3, 0.4) is 0 Å². The molecule has 0 unspecified atom stereocenters. The Hall–Kier alpha value is -2.79. The van der Waals surface area contributed by atoms with Gasteiger partial charge in [-0.15, -0.1) is 0 Å². The van der Waals surface area contributed by atoms with Crippen molar-refractivity contribution in [3.05, 3.63) is 23.8 Å². The van der Waals surface area contributed by atoms with Gasteiger partial charge in [0.1, 0.15) is 5.94 Å². The summed E-state index contributed by atoms with van der Waals surface area (Å²) in [7, 11) is 1.11. The summed E-state index contributed by atoms with van der Waals surface area (Å²) in [6.07, 6.45) is 0. The maximum absolute atomic E-state index is 11.6. The number of nitrogens with one attached hydrogen (secondary N) is 1. The van der Waals surface area contributed by atoms with Crippen LogP contribution in [0.1, 0.15) is 12.5 Å². The molecule has 0 aliphatic heterocycles. The predicted octanol–water partition coefficient (Wildman–Crippen LogP) is -0.00950. The van der Waals surface area contributed by atoms with Gasteiger partial charge in [0.25, 0.3) is 0 Å². The largest absolute Gasteiger partial charge is 0.504 e. The Kier molecular flexibility index (Phi) is 4.88. The van der Waals surface area contributed by atoms with Crippen molar-refractivity contribution in [1.29, 1.82) is 0 Å². The molecule has 0 heterocycles. The SMILES string of the molecule is COC(=O)[C@@H](NC(C)=O)C(=[13C]=O)c1ccc(O)c(O)c1. The molecule has 0 spiro atoms. The molecule has 0 aromatic heterocycles. The van der Waals surface area contributed by atoms with Gasteiger partial charge >= 0.3 is 5.97 Å². The van der Waals surface area contributed by atoms with E-state index in [1.165, 1.54) is 13.0 Å². The fraction of sp³-hybridized carbons (Fsp3) is 0.231. The summed E-state index contributed by atoms with van der Waals surface area (Å²) in [5.41, 5.74) is -0.0956. The lowest BCUT2D eigenvalue weighted by Gasteiger charge is -2.16. The third-order valence-electron chi connectivity index (χ3n) is 2.47. The fourth-order valence-electron chi connectivity index (χ4n) is 1.55. The molecule has 7 heteroatoms. The summed E-state index contributed by atoms with van der Waals surface area (Å²) >= 11 is 0. The number of hydrogen-bond acceptors (Lipinski definition) is 6. The molecule has 0 saturated carbocycles. The molecular formula is C13H13NO6. The maximum Gasteiger partial charge on any atom is 0.333 e. The third kappa shape index (κ3) is 3.37. The number of esters is 1. The minimum atomic E-state index is -1.35. The molecule has 0 radical (unpaired) electrons. The summed E-state index contributed by atoms with van der Waals surface area (Å²) in [6.45, 7) is 1.17.